The second kappa shape index (κ2) is 8.15. The van der Waals surface area contributed by atoms with E-state index in [0.717, 1.165) is 42.1 Å². The van der Waals surface area contributed by atoms with Gasteiger partial charge in [-0.1, -0.05) is 18.2 Å². The predicted molar refractivity (Wildman–Crippen MR) is 103 cm³/mol. The number of nitrogens with zero attached hydrogens (tertiary/aromatic N) is 1. The molecule has 2 aliphatic heterocycles. The second-order valence-electron chi connectivity index (χ2n) is 7.70. The summed E-state index contributed by atoms with van der Waals surface area (Å²) in [4.78, 5) is 2.29. The number of hydrogen-bond donors (Lipinski definition) is 1. The second-order valence-corrected chi connectivity index (χ2v) is 7.70. The molecule has 0 amide bonds. The van der Waals surface area contributed by atoms with Gasteiger partial charge in [-0.2, -0.15) is 0 Å². The van der Waals surface area contributed by atoms with E-state index < -0.39 is 11.6 Å². The smallest absolute Gasteiger partial charge is 0.159 e. The van der Waals surface area contributed by atoms with Crippen molar-refractivity contribution in [2.45, 2.75) is 38.6 Å². The molecule has 2 aromatic rings. The highest BCUT2D eigenvalue weighted by Crippen LogP contribution is 2.35. The molecule has 0 spiro atoms. The number of hydrogen-bond acceptors (Lipinski definition) is 4. The number of piperazine rings is 1. The molecule has 0 unspecified atom stereocenters. The zero-order valence-corrected chi connectivity index (χ0v) is 16.3. The third kappa shape index (κ3) is 3.90. The Hall–Kier alpha value is -2.02. The van der Waals surface area contributed by atoms with E-state index >= 15 is 0 Å². The third-order valence-electron chi connectivity index (χ3n) is 5.38. The maximum atomic E-state index is 13.9. The molecular formula is C22H26F2N2O2. The van der Waals surface area contributed by atoms with Crippen molar-refractivity contribution in [3.63, 3.8) is 0 Å². The molecule has 2 aromatic carbocycles. The number of halogens is 2. The van der Waals surface area contributed by atoms with E-state index in [9.17, 15) is 8.78 Å². The summed E-state index contributed by atoms with van der Waals surface area (Å²) in [6.07, 6.45) is 0.0948. The number of fused-ring (bicyclic) bond motifs is 1. The SMILES string of the molecule is CC(C)Oc1ccccc1[C@@H]1CN([C@@H]2COCc3cc(F)c(F)cc32)CCN1. The van der Waals surface area contributed by atoms with Crippen LogP contribution in [0.5, 0.6) is 5.75 Å². The molecular weight excluding hydrogens is 362 g/mol. The molecule has 4 rings (SSSR count). The summed E-state index contributed by atoms with van der Waals surface area (Å²) in [5.41, 5.74) is 2.68. The van der Waals surface area contributed by atoms with Crippen LogP contribution in [-0.2, 0) is 11.3 Å². The first-order valence-corrected chi connectivity index (χ1v) is 9.81. The van der Waals surface area contributed by atoms with Crippen molar-refractivity contribution in [2.75, 3.05) is 26.2 Å². The summed E-state index contributed by atoms with van der Waals surface area (Å²) in [6.45, 7) is 7.19. The van der Waals surface area contributed by atoms with Gasteiger partial charge in [0.05, 0.1) is 25.4 Å². The van der Waals surface area contributed by atoms with Gasteiger partial charge in [0.1, 0.15) is 5.75 Å². The summed E-state index contributed by atoms with van der Waals surface area (Å²) in [7, 11) is 0. The summed E-state index contributed by atoms with van der Waals surface area (Å²) in [5.74, 6) is -0.737. The van der Waals surface area contributed by atoms with E-state index in [0.29, 0.717) is 13.2 Å². The fourth-order valence-electron chi connectivity index (χ4n) is 4.10. The lowest BCUT2D eigenvalue weighted by molar-refractivity contribution is 0.0200. The van der Waals surface area contributed by atoms with Crippen LogP contribution in [0.15, 0.2) is 36.4 Å². The maximum absolute atomic E-state index is 13.9. The molecule has 6 heteroatoms. The minimum Gasteiger partial charge on any atom is -0.491 e. The summed E-state index contributed by atoms with van der Waals surface area (Å²) in [6, 6.07) is 10.7. The maximum Gasteiger partial charge on any atom is 0.159 e. The highest BCUT2D eigenvalue weighted by atomic mass is 19.2. The third-order valence-corrected chi connectivity index (χ3v) is 5.38. The van der Waals surface area contributed by atoms with Crippen LogP contribution in [0.3, 0.4) is 0 Å². The Labute approximate surface area is 164 Å². The minimum atomic E-state index is -0.819. The quantitative estimate of drug-likeness (QED) is 0.859. The Morgan fingerprint density at radius 3 is 2.75 bits per heavy atom. The van der Waals surface area contributed by atoms with Gasteiger partial charge in [-0.15, -0.1) is 0 Å². The summed E-state index contributed by atoms with van der Waals surface area (Å²) < 4.78 is 39.2. The summed E-state index contributed by atoms with van der Waals surface area (Å²) >= 11 is 0. The number of benzene rings is 2. The van der Waals surface area contributed by atoms with Gasteiger partial charge in [-0.05, 0) is 43.2 Å². The van der Waals surface area contributed by atoms with Crippen LogP contribution < -0.4 is 10.1 Å². The average Bonchev–Trinajstić information content (AvgIpc) is 2.68. The van der Waals surface area contributed by atoms with Gasteiger partial charge in [0.2, 0.25) is 0 Å². The lowest BCUT2D eigenvalue weighted by atomic mass is 9.95. The predicted octanol–water partition coefficient (Wildman–Crippen LogP) is 3.97. The van der Waals surface area contributed by atoms with Crippen molar-refractivity contribution < 1.29 is 18.3 Å². The van der Waals surface area contributed by atoms with Crippen LogP contribution in [0.4, 0.5) is 8.78 Å². The Balaban J connectivity index is 1.59. The Morgan fingerprint density at radius 2 is 1.93 bits per heavy atom. The molecule has 1 saturated heterocycles. The number of nitrogens with one attached hydrogen (secondary N) is 1. The standard InChI is InChI=1S/C22H26F2N2O2/c1-14(2)28-22-6-4-3-5-16(22)20-11-26(8-7-25-20)21-13-27-12-15-9-18(23)19(24)10-17(15)21/h3-6,9-10,14,20-21,25H,7-8,11-13H2,1-2H3/t20-,21+/m0/s1. The molecule has 0 saturated carbocycles. The lowest BCUT2D eigenvalue weighted by Gasteiger charge is -2.41. The van der Waals surface area contributed by atoms with Crippen LogP contribution in [-0.4, -0.2) is 37.2 Å². The molecule has 0 radical (unpaired) electrons. The largest absolute Gasteiger partial charge is 0.491 e. The fraction of sp³-hybridized carbons (Fsp3) is 0.455. The van der Waals surface area contributed by atoms with Gasteiger partial charge in [-0.25, -0.2) is 8.78 Å². The van der Waals surface area contributed by atoms with Gasteiger partial charge >= 0.3 is 0 Å². The Bertz CT molecular complexity index is 843. The van der Waals surface area contributed by atoms with Crippen molar-refractivity contribution in [3.05, 3.63) is 64.7 Å². The fourth-order valence-corrected chi connectivity index (χ4v) is 4.10. The van der Waals surface area contributed by atoms with Crippen LogP contribution in [0, 0.1) is 11.6 Å². The van der Waals surface area contributed by atoms with Crippen LogP contribution in [0.2, 0.25) is 0 Å². The molecule has 1 fully saturated rings. The molecule has 2 heterocycles. The van der Waals surface area contributed by atoms with Gasteiger partial charge < -0.3 is 14.8 Å². The van der Waals surface area contributed by atoms with E-state index in [-0.39, 0.29) is 18.2 Å². The topological polar surface area (TPSA) is 33.7 Å². The van der Waals surface area contributed by atoms with Crippen molar-refractivity contribution in [2.24, 2.45) is 0 Å². The molecule has 0 aromatic heterocycles. The van der Waals surface area contributed by atoms with E-state index in [1.54, 1.807) is 0 Å². The Morgan fingerprint density at radius 1 is 1.14 bits per heavy atom. The normalized spacial score (nSPS) is 22.9. The first kappa shape index (κ1) is 19.3. The van der Waals surface area contributed by atoms with Crippen molar-refractivity contribution in [1.82, 2.24) is 10.2 Å². The van der Waals surface area contributed by atoms with Gasteiger partial charge in [0.15, 0.2) is 11.6 Å². The van der Waals surface area contributed by atoms with Crippen LogP contribution in [0.25, 0.3) is 0 Å². The highest BCUT2D eigenvalue weighted by molar-refractivity contribution is 5.37. The molecule has 0 aliphatic carbocycles. The molecule has 28 heavy (non-hydrogen) atoms. The molecule has 2 atom stereocenters. The minimum absolute atomic E-state index is 0.0818. The number of para-hydroxylation sites is 1. The first-order chi connectivity index (χ1) is 13.5. The molecule has 2 aliphatic rings. The molecule has 1 N–H and O–H groups in total. The molecule has 4 nitrogen and oxygen atoms in total. The van der Waals surface area contributed by atoms with E-state index in [1.807, 2.05) is 32.0 Å². The van der Waals surface area contributed by atoms with Crippen LogP contribution in [0.1, 0.15) is 42.6 Å². The Kier molecular flexibility index (Phi) is 5.62. The number of rotatable bonds is 4. The van der Waals surface area contributed by atoms with E-state index in [1.165, 1.54) is 12.1 Å². The average molecular weight is 388 g/mol. The monoisotopic (exact) mass is 388 g/mol. The molecule has 150 valence electrons. The van der Waals surface area contributed by atoms with Gasteiger partial charge in [0.25, 0.3) is 0 Å². The zero-order chi connectivity index (χ0) is 19.7. The lowest BCUT2D eigenvalue weighted by Crippen LogP contribution is -2.49. The number of ether oxygens (including phenoxy) is 2. The van der Waals surface area contributed by atoms with Gasteiger partial charge in [0, 0.05) is 31.2 Å². The van der Waals surface area contributed by atoms with Crippen LogP contribution >= 0.6 is 0 Å². The molecule has 0 bridgehead atoms. The van der Waals surface area contributed by atoms with Crippen molar-refractivity contribution in [1.29, 1.82) is 0 Å². The van der Waals surface area contributed by atoms with Crippen molar-refractivity contribution in [3.8, 4) is 5.75 Å². The first-order valence-electron chi connectivity index (χ1n) is 9.81. The highest BCUT2D eigenvalue weighted by Gasteiger charge is 2.32. The van der Waals surface area contributed by atoms with Gasteiger partial charge in [-0.3, -0.25) is 4.90 Å². The van der Waals surface area contributed by atoms with Crippen molar-refractivity contribution >= 4 is 0 Å². The van der Waals surface area contributed by atoms with E-state index in [4.69, 9.17) is 9.47 Å². The van der Waals surface area contributed by atoms with E-state index in [2.05, 4.69) is 16.3 Å². The zero-order valence-electron chi connectivity index (χ0n) is 16.3. The summed E-state index contributed by atoms with van der Waals surface area (Å²) in [5, 5.41) is 3.57.